The summed E-state index contributed by atoms with van der Waals surface area (Å²) in [6.45, 7) is 3.85. The van der Waals surface area contributed by atoms with Crippen LogP contribution in [0, 0.1) is 10.1 Å². The summed E-state index contributed by atoms with van der Waals surface area (Å²) in [5.41, 5.74) is 1.06. The van der Waals surface area contributed by atoms with Crippen molar-refractivity contribution in [2.75, 3.05) is 31.1 Å². The molecular formula is C25H34N6O3. The summed E-state index contributed by atoms with van der Waals surface area (Å²) in [5.74, 6) is 2.08. The van der Waals surface area contributed by atoms with Gasteiger partial charge in [0.05, 0.1) is 4.92 Å². The minimum atomic E-state index is -0.346. The van der Waals surface area contributed by atoms with Gasteiger partial charge in [-0.3, -0.25) is 14.9 Å². The number of hydrogen-bond donors (Lipinski definition) is 0. The van der Waals surface area contributed by atoms with E-state index >= 15 is 0 Å². The van der Waals surface area contributed by atoms with Crippen molar-refractivity contribution >= 4 is 17.3 Å². The van der Waals surface area contributed by atoms with Crippen LogP contribution in [-0.2, 0) is 13.0 Å². The molecule has 182 valence electrons. The number of nitro groups is 1. The number of nitrogens with zero attached hydrogens (tertiary/aromatic N) is 6. The van der Waals surface area contributed by atoms with Gasteiger partial charge in [0.25, 0.3) is 11.6 Å². The van der Waals surface area contributed by atoms with E-state index in [1.165, 1.54) is 12.5 Å². The number of piperidine rings is 1. The van der Waals surface area contributed by atoms with Crippen molar-refractivity contribution in [3.8, 4) is 0 Å². The fourth-order valence-electron chi connectivity index (χ4n) is 5.75. The molecule has 1 unspecified atom stereocenters. The van der Waals surface area contributed by atoms with Crippen molar-refractivity contribution in [1.29, 1.82) is 0 Å². The van der Waals surface area contributed by atoms with Gasteiger partial charge in [0, 0.05) is 56.7 Å². The van der Waals surface area contributed by atoms with E-state index in [1.54, 1.807) is 12.1 Å². The van der Waals surface area contributed by atoms with E-state index in [4.69, 9.17) is 0 Å². The Labute approximate surface area is 200 Å². The Morgan fingerprint density at radius 3 is 2.50 bits per heavy atom. The zero-order chi connectivity index (χ0) is 23.5. The van der Waals surface area contributed by atoms with Crippen LogP contribution >= 0.6 is 0 Å². The highest BCUT2D eigenvalue weighted by atomic mass is 16.6. The molecule has 1 atom stereocenters. The van der Waals surface area contributed by atoms with Crippen LogP contribution in [0.5, 0.6) is 0 Å². The molecule has 0 saturated carbocycles. The van der Waals surface area contributed by atoms with E-state index < -0.39 is 0 Å². The Bertz CT molecular complexity index is 1040. The molecule has 34 heavy (non-hydrogen) atoms. The van der Waals surface area contributed by atoms with Crippen LogP contribution in [0.25, 0.3) is 0 Å². The number of hydrogen-bond acceptors (Lipinski definition) is 6. The van der Waals surface area contributed by atoms with Gasteiger partial charge in [0.15, 0.2) is 0 Å². The molecule has 3 aliphatic heterocycles. The normalized spacial score (nSPS) is 21.5. The summed E-state index contributed by atoms with van der Waals surface area (Å²) in [6, 6.07) is 5.02. The minimum absolute atomic E-state index is 0.0316. The lowest BCUT2D eigenvalue weighted by atomic mass is 9.96. The second kappa shape index (κ2) is 10.1. The monoisotopic (exact) mass is 466 g/mol. The number of anilines is 1. The molecule has 3 aliphatic rings. The van der Waals surface area contributed by atoms with Gasteiger partial charge in [-0.05, 0) is 50.7 Å². The zero-order valence-electron chi connectivity index (χ0n) is 19.8. The molecular weight excluding hydrogens is 432 g/mol. The first kappa shape index (κ1) is 22.8. The van der Waals surface area contributed by atoms with Gasteiger partial charge in [-0.15, -0.1) is 10.2 Å². The number of likely N-dealkylation sites (tertiary alicyclic amines) is 1. The van der Waals surface area contributed by atoms with Crippen LogP contribution in [0.3, 0.4) is 0 Å². The maximum Gasteiger partial charge on any atom is 0.293 e. The lowest BCUT2D eigenvalue weighted by Crippen LogP contribution is -2.40. The molecule has 1 aromatic carbocycles. The summed E-state index contributed by atoms with van der Waals surface area (Å²) < 4.78 is 2.27. The second-order valence-electron chi connectivity index (χ2n) is 9.89. The second-order valence-corrected chi connectivity index (χ2v) is 9.89. The van der Waals surface area contributed by atoms with Gasteiger partial charge >= 0.3 is 0 Å². The number of fused-ring (bicyclic) bond motifs is 1. The topological polar surface area (TPSA) is 97.4 Å². The van der Waals surface area contributed by atoms with E-state index in [0.717, 1.165) is 89.1 Å². The number of aromatic nitrogens is 3. The summed E-state index contributed by atoms with van der Waals surface area (Å²) in [6.07, 6.45) is 10.7. The van der Waals surface area contributed by atoms with Crippen LogP contribution in [0.2, 0.25) is 0 Å². The van der Waals surface area contributed by atoms with Gasteiger partial charge in [0.2, 0.25) is 0 Å². The maximum atomic E-state index is 13.4. The molecule has 0 radical (unpaired) electrons. The van der Waals surface area contributed by atoms with E-state index in [1.807, 2.05) is 4.90 Å². The molecule has 0 spiro atoms. The highest BCUT2D eigenvalue weighted by Crippen LogP contribution is 2.33. The van der Waals surface area contributed by atoms with Crippen LogP contribution in [-0.4, -0.2) is 56.7 Å². The SMILES string of the molecule is O=C(c1ccc(N2CCCCCC2)c([N+](=O)[O-])c1)N1CCCC(c2nnc3n2CCCCC3)C1. The fraction of sp³-hybridized carbons (Fsp3) is 0.640. The standard InChI is InChI=1S/C25H34N6O3/c32-25(19-11-12-21(22(17-19)31(33)34)28-13-5-1-2-6-14-28)29-15-8-9-20(18-29)24-27-26-23-10-4-3-7-16-30(23)24/h11-12,17,20H,1-10,13-16,18H2. The van der Waals surface area contributed by atoms with Crippen molar-refractivity contribution in [3.63, 3.8) is 0 Å². The molecule has 1 amide bonds. The maximum absolute atomic E-state index is 13.4. The number of carbonyl (C=O) groups is 1. The predicted molar refractivity (Wildman–Crippen MR) is 129 cm³/mol. The summed E-state index contributed by atoms with van der Waals surface area (Å²) >= 11 is 0. The van der Waals surface area contributed by atoms with Crippen molar-refractivity contribution in [2.45, 2.75) is 76.7 Å². The van der Waals surface area contributed by atoms with Crippen LogP contribution in [0.4, 0.5) is 11.4 Å². The molecule has 0 N–H and O–H groups in total. The zero-order valence-corrected chi connectivity index (χ0v) is 19.8. The van der Waals surface area contributed by atoms with Gasteiger partial charge < -0.3 is 14.4 Å². The summed E-state index contributed by atoms with van der Waals surface area (Å²) in [5, 5.41) is 20.9. The Balaban J connectivity index is 1.35. The third-order valence-corrected chi connectivity index (χ3v) is 7.58. The largest absolute Gasteiger partial charge is 0.366 e. The fourth-order valence-corrected chi connectivity index (χ4v) is 5.75. The quantitative estimate of drug-likeness (QED) is 0.492. The van der Waals surface area contributed by atoms with Gasteiger partial charge in [0.1, 0.15) is 17.3 Å². The predicted octanol–water partition coefficient (Wildman–Crippen LogP) is 4.31. The highest BCUT2D eigenvalue weighted by Gasteiger charge is 2.31. The average Bonchev–Trinajstić information content (AvgIpc) is 3.04. The summed E-state index contributed by atoms with van der Waals surface area (Å²) in [7, 11) is 0. The first-order valence-corrected chi connectivity index (χ1v) is 12.9. The van der Waals surface area contributed by atoms with Crippen molar-refractivity contribution in [2.24, 2.45) is 0 Å². The molecule has 4 heterocycles. The number of rotatable bonds is 4. The van der Waals surface area contributed by atoms with Crippen LogP contribution in [0.1, 0.15) is 85.7 Å². The number of aryl methyl sites for hydroxylation is 1. The Hall–Kier alpha value is -2.97. The summed E-state index contributed by atoms with van der Waals surface area (Å²) in [4.78, 5) is 28.9. The lowest BCUT2D eigenvalue weighted by molar-refractivity contribution is -0.384. The highest BCUT2D eigenvalue weighted by molar-refractivity contribution is 5.96. The van der Waals surface area contributed by atoms with Crippen molar-refractivity contribution in [3.05, 3.63) is 45.5 Å². The first-order valence-electron chi connectivity index (χ1n) is 12.9. The number of carbonyl (C=O) groups excluding carboxylic acids is 1. The van der Waals surface area contributed by atoms with Crippen molar-refractivity contribution in [1.82, 2.24) is 19.7 Å². The Morgan fingerprint density at radius 1 is 0.941 bits per heavy atom. The van der Waals surface area contributed by atoms with Gasteiger partial charge in [-0.25, -0.2) is 0 Å². The van der Waals surface area contributed by atoms with Crippen molar-refractivity contribution < 1.29 is 9.72 Å². The van der Waals surface area contributed by atoms with E-state index in [0.29, 0.717) is 24.3 Å². The Morgan fingerprint density at radius 2 is 1.71 bits per heavy atom. The van der Waals surface area contributed by atoms with Crippen LogP contribution in [0.15, 0.2) is 18.2 Å². The van der Waals surface area contributed by atoms with Crippen LogP contribution < -0.4 is 4.90 Å². The molecule has 2 aromatic rings. The van der Waals surface area contributed by atoms with Gasteiger partial charge in [-0.1, -0.05) is 19.3 Å². The number of benzene rings is 1. The molecule has 2 saturated heterocycles. The molecule has 1 aromatic heterocycles. The van der Waals surface area contributed by atoms with E-state index in [2.05, 4.69) is 19.7 Å². The Kier molecular flexibility index (Phi) is 6.78. The minimum Gasteiger partial charge on any atom is -0.366 e. The lowest BCUT2D eigenvalue weighted by Gasteiger charge is -2.32. The van der Waals surface area contributed by atoms with Gasteiger partial charge in [-0.2, -0.15) is 0 Å². The molecule has 5 rings (SSSR count). The molecule has 9 nitrogen and oxygen atoms in total. The third kappa shape index (κ3) is 4.65. The third-order valence-electron chi connectivity index (χ3n) is 7.58. The smallest absolute Gasteiger partial charge is 0.293 e. The molecule has 9 heteroatoms. The molecule has 0 aliphatic carbocycles. The molecule has 2 fully saturated rings. The number of nitro benzene ring substituents is 1. The average molecular weight is 467 g/mol. The number of amides is 1. The van der Waals surface area contributed by atoms with E-state index in [9.17, 15) is 14.9 Å². The first-order chi connectivity index (χ1) is 16.6. The van der Waals surface area contributed by atoms with E-state index in [-0.39, 0.29) is 22.4 Å². The molecule has 0 bridgehead atoms.